The molecular weight excluding hydrogens is 286 g/mol. The van der Waals surface area contributed by atoms with Gasteiger partial charge in [-0.3, -0.25) is 0 Å². The van der Waals surface area contributed by atoms with Crippen molar-refractivity contribution in [2.45, 2.75) is 18.3 Å². The number of hydrogen-bond donors (Lipinski definition) is 0. The van der Waals surface area contributed by atoms with E-state index in [1.165, 1.54) is 18.4 Å². The van der Waals surface area contributed by atoms with E-state index in [4.69, 9.17) is 0 Å². The van der Waals surface area contributed by atoms with Crippen molar-refractivity contribution in [3.05, 3.63) is 66.2 Å². The van der Waals surface area contributed by atoms with Crippen molar-refractivity contribution in [1.29, 1.82) is 0 Å². The minimum Gasteiger partial charge on any atom is -0.342 e. The number of benzene rings is 2. The van der Waals surface area contributed by atoms with Crippen molar-refractivity contribution in [2.24, 2.45) is 0 Å². The van der Waals surface area contributed by atoms with Crippen LogP contribution in [-0.2, 0) is 5.41 Å². The molecule has 0 N–H and O–H groups in total. The maximum atomic E-state index is 4.23. The molecule has 1 aromatic heterocycles. The Labute approximate surface area is 135 Å². The van der Waals surface area contributed by atoms with Gasteiger partial charge in [-0.15, -0.1) is 0 Å². The van der Waals surface area contributed by atoms with Crippen LogP contribution < -0.4 is 4.90 Å². The number of tetrazole rings is 1. The van der Waals surface area contributed by atoms with Crippen LogP contribution in [0, 0.1) is 0 Å². The first-order valence-corrected chi connectivity index (χ1v) is 7.89. The quantitative estimate of drug-likeness (QED) is 0.727. The molecule has 0 unspecified atom stereocenters. The zero-order chi connectivity index (χ0) is 15.7. The molecule has 1 fully saturated rings. The molecule has 1 aliphatic carbocycles. The molecule has 23 heavy (non-hydrogen) atoms. The van der Waals surface area contributed by atoms with Gasteiger partial charge in [0, 0.05) is 19.0 Å². The first kappa shape index (κ1) is 13.9. The van der Waals surface area contributed by atoms with Crippen LogP contribution in [0.4, 0.5) is 5.95 Å². The zero-order valence-corrected chi connectivity index (χ0v) is 13.1. The Morgan fingerprint density at radius 2 is 1.65 bits per heavy atom. The standard InChI is InChI=1S/C18H19N5/c1-22(14-18(12-13-18)15-8-4-2-5-9-15)17-19-20-21-23(17)16-10-6-3-7-11-16/h2-11H,12-14H2,1H3. The molecule has 4 rings (SSSR count). The molecule has 0 atom stereocenters. The van der Waals surface area contributed by atoms with Gasteiger partial charge in [-0.05, 0) is 41.0 Å². The van der Waals surface area contributed by atoms with Crippen LogP contribution in [-0.4, -0.2) is 33.8 Å². The van der Waals surface area contributed by atoms with Crippen molar-refractivity contribution >= 4 is 5.95 Å². The molecule has 0 amide bonds. The number of rotatable bonds is 5. The maximum Gasteiger partial charge on any atom is 0.250 e. The second kappa shape index (κ2) is 5.50. The van der Waals surface area contributed by atoms with E-state index in [-0.39, 0.29) is 5.41 Å². The molecule has 116 valence electrons. The molecule has 1 aliphatic rings. The van der Waals surface area contributed by atoms with Crippen molar-refractivity contribution in [1.82, 2.24) is 20.2 Å². The second-order valence-corrected chi connectivity index (χ2v) is 6.23. The first-order valence-electron chi connectivity index (χ1n) is 7.89. The van der Waals surface area contributed by atoms with Gasteiger partial charge in [0.15, 0.2) is 0 Å². The van der Waals surface area contributed by atoms with E-state index in [0.29, 0.717) is 0 Å². The Kier molecular flexibility index (Phi) is 3.33. The predicted molar refractivity (Wildman–Crippen MR) is 89.8 cm³/mol. The molecule has 0 spiro atoms. The average Bonchev–Trinajstić information content (AvgIpc) is 3.22. The third-order valence-corrected chi connectivity index (χ3v) is 4.57. The summed E-state index contributed by atoms with van der Waals surface area (Å²) < 4.78 is 1.79. The molecular formula is C18H19N5. The van der Waals surface area contributed by atoms with Crippen molar-refractivity contribution < 1.29 is 0 Å². The lowest BCUT2D eigenvalue weighted by Crippen LogP contribution is -2.31. The monoisotopic (exact) mass is 305 g/mol. The number of aromatic nitrogens is 4. The largest absolute Gasteiger partial charge is 0.342 e. The summed E-state index contributed by atoms with van der Waals surface area (Å²) in [6.07, 6.45) is 2.43. The molecule has 2 aromatic carbocycles. The predicted octanol–water partition coefficient (Wildman–Crippen LogP) is 2.83. The molecule has 0 bridgehead atoms. The average molecular weight is 305 g/mol. The summed E-state index contributed by atoms with van der Waals surface area (Å²) >= 11 is 0. The van der Waals surface area contributed by atoms with Gasteiger partial charge in [-0.25, -0.2) is 0 Å². The second-order valence-electron chi connectivity index (χ2n) is 6.23. The third kappa shape index (κ3) is 2.59. The zero-order valence-electron chi connectivity index (χ0n) is 13.1. The Bertz CT molecular complexity index is 777. The SMILES string of the molecule is CN(CC1(c2ccccc2)CC1)c1nnnn1-c1ccccc1. The summed E-state index contributed by atoms with van der Waals surface area (Å²) in [5.41, 5.74) is 2.62. The lowest BCUT2D eigenvalue weighted by Gasteiger charge is -2.24. The number of para-hydroxylation sites is 1. The van der Waals surface area contributed by atoms with Crippen LogP contribution in [0.25, 0.3) is 5.69 Å². The Hall–Kier alpha value is -2.69. The van der Waals surface area contributed by atoms with Gasteiger partial charge in [-0.1, -0.05) is 53.6 Å². The summed E-state index contributed by atoms with van der Waals surface area (Å²) in [7, 11) is 2.06. The Morgan fingerprint density at radius 1 is 1.00 bits per heavy atom. The summed E-state index contributed by atoms with van der Waals surface area (Å²) in [5, 5.41) is 12.2. The van der Waals surface area contributed by atoms with Crippen molar-refractivity contribution in [3.63, 3.8) is 0 Å². The molecule has 0 radical (unpaired) electrons. The number of anilines is 1. The van der Waals surface area contributed by atoms with Gasteiger partial charge in [0.1, 0.15) is 0 Å². The van der Waals surface area contributed by atoms with E-state index >= 15 is 0 Å². The van der Waals surface area contributed by atoms with Gasteiger partial charge in [0.05, 0.1) is 5.69 Å². The Balaban J connectivity index is 1.60. The molecule has 1 saturated carbocycles. The minimum atomic E-state index is 0.240. The van der Waals surface area contributed by atoms with E-state index in [9.17, 15) is 0 Å². The third-order valence-electron chi connectivity index (χ3n) is 4.57. The highest BCUT2D eigenvalue weighted by Gasteiger charge is 2.45. The maximum absolute atomic E-state index is 4.23. The minimum absolute atomic E-state index is 0.240. The number of nitrogens with zero attached hydrogens (tertiary/aromatic N) is 5. The summed E-state index contributed by atoms with van der Waals surface area (Å²) in [4.78, 5) is 2.16. The van der Waals surface area contributed by atoms with E-state index in [0.717, 1.165) is 18.2 Å². The highest BCUT2D eigenvalue weighted by molar-refractivity contribution is 5.42. The number of likely N-dealkylation sites (N-methyl/N-ethyl adjacent to an activating group) is 1. The van der Waals surface area contributed by atoms with Gasteiger partial charge in [0.25, 0.3) is 0 Å². The van der Waals surface area contributed by atoms with E-state index < -0.39 is 0 Å². The lowest BCUT2D eigenvalue weighted by atomic mass is 9.95. The summed E-state index contributed by atoms with van der Waals surface area (Å²) in [6.45, 7) is 0.921. The smallest absolute Gasteiger partial charge is 0.250 e. The Morgan fingerprint density at radius 3 is 2.30 bits per heavy atom. The van der Waals surface area contributed by atoms with Gasteiger partial charge < -0.3 is 4.90 Å². The summed E-state index contributed by atoms with van der Waals surface area (Å²) in [6, 6.07) is 20.7. The van der Waals surface area contributed by atoms with Gasteiger partial charge in [0.2, 0.25) is 5.95 Å². The van der Waals surface area contributed by atoms with Crippen molar-refractivity contribution in [2.75, 3.05) is 18.5 Å². The fraction of sp³-hybridized carbons (Fsp3) is 0.278. The molecule has 5 nitrogen and oxygen atoms in total. The van der Waals surface area contributed by atoms with Crippen LogP contribution in [0.15, 0.2) is 60.7 Å². The first-order chi connectivity index (χ1) is 11.3. The molecule has 0 saturated heterocycles. The van der Waals surface area contributed by atoms with Crippen LogP contribution in [0.2, 0.25) is 0 Å². The number of hydrogen-bond acceptors (Lipinski definition) is 4. The highest BCUT2D eigenvalue weighted by atomic mass is 15.6. The molecule has 3 aromatic rings. The van der Waals surface area contributed by atoms with Gasteiger partial charge >= 0.3 is 0 Å². The van der Waals surface area contributed by atoms with Gasteiger partial charge in [-0.2, -0.15) is 4.68 Å². The lowest BCUT2D eigenvalue weighted by molar-refractivity contribution is 0.655. The van der Waals surface area contributed by atoms with E-state index in [1.54, 1.807) is 4.68 Å². The van der Waals surface area contributed by atoms with Crippen LogP contribution in [0.1, 0.15) is 18.4 Å². The van der Waals surface area contributed by atoms with Crippen molar-refractivity contribution in [3.8, 4) is 5.69 Å². The van der Waals surface area contributed by atoms with E-state index in [1.807, 2.05) is 30.3 Å². The highest BCUT2D eigenvalue weighted by Crippen LogP contribution is 2.48. The summed E-state index contributed by atoms with van der Waals surface area (Å²) in [5.74, 6) is 0.776. The topological polar surface area (TPSA) is 46.8 Å². The fourth-order valence-electron chi connectivity index (χ4n) is 3.16. The van der Waals surface area contributed by atoms with E-state index in [2.05, 4.69) is 57.8 Å². The molecule has 5 heteroatoms. The fourth-order valence-corrected chi connectivity index (χ4v) is 3.16. The molecule has 0 aliphatic heterocycles. The van der Waals surface area contributed by atoms with Crippen LogP contribution >= 0.6 is 0 Å². The normalized spacial score (nSPS) is 15.3. The van der Waals surface area contributed by atoms with Crippen LogP contribution in [0.5, 0.6) is 0 Å². The van der Waals surface area contributed by atoms with Crippen LogP contribution in [0.3, 0.4) is 0 Å². The molecule has 1 heterocycles.